The van der Waals surface area contributed by atoms with E-state index in [1.807, 2.05) is 0 Å². The summed E-state index contributed by atoms with van der Waals surface area (Å²) in [6.45, 7) is 0. The third-order valence-corrected chi connectivity index (χ3v) is 1.86. The highest BCUT2D eigenvalue weighted by atomic mass is 79.9. The van der Waals surface area contributed by atoms with Gasteiger partial charge in [0.05, 0.1) is 14.2 Å². The van der Waals surface area contributed by atoms with Gasteiger partial charge in [-0.15, -0.1) is 0 Å². The van der Waals surface area contributed by atoms with Crippen molar-refractivity contribution in [2.75, 3.05) is 14.2 Å². The van der Waals surface area contributed by atoms with Crippen LogP contribution in [-0.2, 0) is 0 Å². The molecule has 0 fully saturated rings. The van der Waals surface area contributed by atoms with E-state index in [-0.39, 0.29) is 5.75 Å². The Bertz CT molecular complexity index is 289. The summed E-state index contributed by atoms with van der Waals surface area (Å²) in [7, 11) is 2.86. The van der Waals surface area contributed by atoms with Crippen LogP contribution in [0.4, 0.5) is 4.39 Å². The van der Waals surface area contributed by atoms with Crippen LogP contribution in [0.3, 0.4) is 0 Å². The van der Waals surface area contributed by atoms with Gasteiger partial charge in [-0.25, -0.2) is 4.39 Å². The van der Waals surface area contributed by atoms with Crippen molar-refractivity contribution < 1.29 is 13.9 Å². The number of hydrogen-bond acceptors (Lipinski definition) is 2. The van der Waals surface area contributed by atoms with E-state index in [0.29, 0.717) is 10.2 Å². The van der Waals surface area contributed by atoms with Crippen molar-refractivity contribution in [2.45, 2.75) is 0 Å². The van der Waals surface area contributed by atoms with E-state index in [2.05, 4.69) is 15.9 Å². The van der Waals surface area contributed by atoms with Crippen LogP contribution in [-0.4, -0.2) is 14.2 Å². The second-order valence-corrected chi connectivity index (χ2v) is 3.04. The number of halogens is 2. The first-order valence-electron chi connectivity index (χ1n) is 3.26. The summed E-state index contributed by atoms with van der Waals surface area (Å²) in [5, 5.41) is 0. The fourth-order valence-corrected chi connectivity index (χ4v) is 1.30. The molecule has 0 aliphatic carbocycles. The molecule has 0 N–H and O–H groups in total. The summed E-state index contributed by atoms with van der Waals surface area (Å²) in [5.74, 6) is 0.0637. The van der Waals surface area contributed by atoms with Crippen LogP contribution < -0.4 is 9.47 Å². The van der Waals surface area contributed by atoms with E-state index in [0.717, 1.165) is 0 Å². The summed E-state index contributed by atoms with van der Waals surface area (Å²) in [5.41, 5.74) is 0. The average molecular weight is 235 g/mol. The van der Waals surface area contributed by atoms with E-state index in [4.69, 9.17) is 9.47 Å². The Balaban J connectivity index is 3.24. The summed E-state index contributed by atoms with van der Waals surface area (Å²) in [6.07, 6.45) is 0. The molecule has 0 unspecified atom stereocenters. The zero-order valence-electron chi connectivity index (χ0n) is 6.73. The van der Waals surface area contributed by atoms with Gasteiger partial charge in [0.1, 0.15) is 0 Å². The summed E-state index contributed by atoms with van der Waals surface area (Å²) < 4.78 is 23.4. The van der Waals surface area contributed by atoms with Gasteiger partial charge in [-0.2, -0.15) is 0 Å². The molecule has 0 spiro atoms. The van der Waals surface area contributed by atoms with Gasteiger partial charge in [0.25, 0.3) is 0 Å². The Labute approximate surface area is 78.4 Å². The normalized spacial score (nSPS) is 9.67. The maximum Gasteiger partial charge on any atom is 0.196 e. The molecule has 0 atom stereocenters. The van der Waals surface area contributed by atoms with Crippen LogP contribution in [0.2, 0.25) is 0 Å². The van der Waals surface area contributed by atoms with Crippen LogP contribution in [0, 0.1) is 5.82 Å². The average Bonchev–Trinajstić information content (AvgIpc) is 2.03. The zero-order chi connectivity index (χ0) is 9.14. The molecule has 1 aromatic carbocycles. The standard InChI is InChI=1S/C8H8BrFO2/c1-11-7-4-5(9)3-6(10)8(7)12-2/h3-4H,1-2H3. The van der Waals surface area contributed by atoms with Gasteiger partial charge >= 0.3 is 0 Å². The van der Waals surface area contributed by atoms with Crippen molar-refractivity contribution >= 4 is 15.9 Å². The number of benzene rings is 1. The van der Waals surface area contributed by atoms with Gasteiger partial charge in [0.15, 0.2) is 17.3 Å². The Morgan fingerprint density at radius 1 is 1.25 bits per heavy atom. The molecule has 1 aromatic rings. The third-order valence-electron chi connectivity index (χ3n) is 1.40. The van der Waals surface area contributed by atoms with Crippen molar-refractivity contribution in [3.05, 3.63) is 22.4 Å². The molecule has 0 aliphatic rings. The lowest BCUT2D eigenvalue weighted by atomic mass is 10.3. The molecule has 0 saturated heterocycles. The largest absolute Gasteiger partial charge is 0.493 e. The number of hydrogen-bond donors (Lipinski definition) is 0. The monoisotopic (exact) mass is 234 g/mol. The third kappa shape index (κ3) is 1.69. The molecule has 0 saturated carbocycles. The van der Waals surface area contributed by atoms with E-state index < -0.39 is 5.82 Å². The predicted octanol–water partition coefficient (Wildman–Crippen LogP) is 2.61. The minimum Gasteiger partial charge on any atom is -0.493 e. The Kier molecular flexibility index (Phi) is 2.92. The highest BCUT2D eigenvalue weighted by molar-refractivity contribution is 9.10. The molecule has 4 heteroatoms. The maximum atomic E-state index is 13.1. The van der Waals surface area contributed by atoms with Gasteiger partial charge in [-0.3, -0.25) is 0 Å². The highest BCUT2D eigenvalue weighted by Gasteiger charge is 2.10. The summed E-state index contributed by atoms with van der Waals surface area (Å²) >= 11 is 3.14. The lowest BCUT2D eigenvalue weighted by molar-refractivity contribution is 0.337. The summed E-state index contributed by atoms with van der Waals surface area (Å²) in [4.78, 5) is 0. The Morgan fingerprint density at radius 2 is 1.92 bits per heavy atom. The smallest absolute Gasteiger partial charge is 0.196 e. The molecular weight excluding hydrogens is 227 g/mol. The minimum atomic E-state index is -0.441. The second-order valence-electron chi connectivity index (χ2n) is 2.12. The highest BCUT2D eigenvalue weighted by Crippen LogP contribution is 2.32. The fraction of sp³-hybridized carbons (Fsp3) is 0.250. The lowest BCUT2D eigenvalue weighted by Crippen LogP contribution is -1.93. The molecule has 0 aromatic heterocycles. The number of rotatable bonds is 2. The second kappa shape index (κ2) is 3.76. The molecule has 1 rings (SSSR count). The SMILES string of the molecule is COc1cc(Br)cc(F)c1OC. The topological polar surface area (TPSA) is 18.5 Å². The quantitative estimate of drug-likeness (QED) is 0.784. The Morgan fingerprint density at radius 3 is 2.42 bits per heavy atom. The molecule has 0 heterocycles. The van der Waals surface area contributed by atoms with E-state index in [1.54, 1.807) is 6.07 Å². The van der Waals surface area contributed by atoms with Crippen LogP contribution in [0.25, 0.3) is 0 Å². The van der Waals surface area contributed by atoms with Gasteiger partial charge < -0.3 is 9.47 Å². The van der Waals surface area contributed by atoms with Crippen molar-refractivity contribution in [3.63, 3.8) is 0 Å². The molecule has 2 nitrogen and oxygen atoms in total. The zero-order valence-corrected chi connectivity index (χ0v) is 8.31. The number of methoxy groups -OCH3 is 2. The van der Waals surface area contributed by atoms with Crippen molar-refractivity contribution in [3.8, 4) is 11.5 Å². The Hall–Kier alpha value is -0.770. The molecule has 66 valence electrons. The van der Waals surface area contributed by atoms with Crippen LogP contribution >= 0.6 is 15.9 Å². The lowest BCUT2D eigenvalue weighted by Gasteiger charge is -2.07. The van der Waals surface area contributed by atoms with E-state index in [1.165, 1.54) is 20.3 Å². The van der Waals surface area contributed by atoms with Gasteiger partial charge in [0.2, 0.25) is 0 Å². The van der Waals surface area contributed by atoms with Gasteiger partial charge in [-0.05, 0) is 12.1 Å². The first kappa shape index (κ1) is 9.32. The minimum absolute atomic E-state index is 0.126. The van der Waals surface area contributed by atoms with Crippen molar-refractivity contribution in [1.82, 2.24) is 0 Å². The van der Waals surface area contributed by atoms with E-state index in [9.17, 15) is 4.39 Å². The molecule has 0 radical (unpaired) electrons. The maximum absolute atomic E-state index is 13.1. The fourth-order valence-electron chi connectivity index (χ4n) is 0.886. The van der Waals surface area contributed by atoms with Crippen molar-refractivity contribution in [1.29, 1.82) is 0 Å². The van der Waals surface area contributed by atoms with Crippen molar-refractivity contribution in [2.24, 2.45) is 0 Å². The molecular formula is C8H8BrFO2. The molecule has 0 aliphatic heterocycles. The molecule has 0 bridgehead atoms. The van der Waals surface area contributed by atoms with Crippen LogP contribution in [0.15, 0.2) is 16.6 Å². The van der Waals surface area contributed by atoms with E-state index >= 15 is 0 Å². The van der Waals surface area contributed by atoms with Crippen LogP contribution in [0.1, 0.15) is 0 Å². The molecule has 12 heavy (non-hydrogen) atoms. The summed E-state index contributed by atoms with van der Waals surface area (Å²) in [6, 6.07) is 2.96. The van der Waals surface area contributed by atoms with Gasteiger partial charge in [-0.1, -0.05) is 15.9 Å². The predicted molar refractivity (Wildman–Crippen MR) is 47.2 cm³/mol. The molecule has 0 amide bonds. The first-order chi connectivity index (χ1) is 5.69. The first-order valence-corrected chi connectivity index (χ1v) is 4.05. The van der Waals surface area contributed by atoms with Crippen LogP contribution in [0.5, 0.6) is 11.5 Å². The number of ether oxygens (including phenoxy) is 2. The van der Waals surface area contributed by atoms with Gasteiger partial charge in [0, 0.05) is 4.47 Å².